The SMILES string of the molecule is C=CS(=O)(=O)NC[C@H](NC(=O)NC(C)(C)C)C(=O)N1C[C@H]2[C@@H]([C@H]1C(=O)NC(CC1CCC1)C(=O)C(N)=O)C2(C)C. The average molecular weight is 583 g/mol. The van der Waals surface area contributed by atoms with E-state index in [1.54, 1.807) is 20.8 Å². The van der Waals surface area contributed by atoms with Gasteiger partial charge in [-0.3, -0.25) is 19.2 Å². The number of urea groups is 1. The highest BCUT2D eigenvalue weighted by atomic mass is 32.2. The van der Waals surface area contributed by atoms with Gasteiger partial charge in [0, 0.05) is 24.0 Å². The first-order valence-corrected chi connectivity index (χ1v) is 15.1. The fourth-order valence-electron chi connectivity index (χ4n) is 5.73. The van der Waals surface area contributed by atoms with Crippen LogP contribution >= 0.6 is 0 Å². The van der Waals surface area contributed by atoms with Gasteiger partial charge in [0.15, 0.2) is 0 Å². The van der Waals surface area contributed by atoms with Crippen LogP contribution in [0.4, 0.5) is 4.79 Å². The highest BCUT2D eigenvalue weighted by molar-refractivity contribution is 7.92. The smallest absolute Gasteiger partial charge is 0.315 e. The van der Waals surface area contributed by atoms with Crippen LogP contribution in [0.15, 0.2) is 12.0 Å². The molecular weight excluding hydrogens is 540 g/mol. The van der Waals surface area contributed by atoms with E-state index in [2.05, 4.69) is 27.3 Å². The Morgan fingerprint density at radius 1 is 1.10 bits per heavy atom. The third-order valence-corrected chi connectivity index (χ3v) is 9.24. The zero-order chi connectivity index (χ0) is 30.2. The normalized spacial score (nSPS) is 25.0. The van der Waals surface area contributed by atoms with Gasteiger partial charge in [0.05, 0.1) is 6.04 Å². The molecule has 0 bridgehead atoms. The number of ketones is 1. The fraction of sp³-hybridized carbons (Fsp3) is 0.731. The first kappa shape index (κ1) is 31.5. The molecule has 0 spiro atoms. The molecule has 1 aliphatic heterocycles. The summed E-state index contributed by atoms with van der Waals surface area (Å²) in [6.07, 6.45) is 3.06. The Bertz CT molecular complexity index is 1170. The topological polar surface area (TPSA) is 197 Å². The molecule has 1 unspecified atom stereocenters. The predicted octanol–water partition coefficient (Wildman–Crippen LogP) is -0.272. The lowest BCUT2D eigenvalue weighted by Gasteiger charge is -2.35. The van der Waals surface area contributed by atoms with Crippen molar-refractivity contribution in [2.24, 2.45) is 28.9 Å². The summed E-state index contributed by atoms with van der Waals surface area (Å²) in [5.74, 6) is -3.33. The van der Waals surface area contributed by atoms with Crippen molar-refractivity contribution in [3.63, 3.8) is 0 Å². The van der Waals surface area contributed by atoms with Gasteiger partial charge < -0.3 is 26.6 Å². The largest absolute Gasteiger partial charge is 0.363 e. The van der Waals surface area contributed by atoms with Crippen LogP contribution in [-0.4, -0.2) is 79.6 Å². The molecule has 40 heavy (non-hydrogen) atoms. The maximum absolute atomic E-state index is 13.8. The van der Waals surface area contributed by atoms with E-state index in [1.807, 2.05) is 13.8 Å². The Morgan fingerprint density at radius 3 is 2.23 bits per heavy atom. The zero-order valence-electron chi connectivity index (χ0n) is 23.8. The van der Waals surface area contributed by atoms with E-state index in [-0.39, 0.29) is 36.1 Å². The molecule has 2 saturated carbocycles. The third kappa shape index (κ3) is 7.19. The Labute approximate surface area is 235 Å². The number of nitrogens with one attached hydrogen (secondary N) is 4. The number of nitrogens with zero attached hydrogens (tertiary/aromatic N) is 1. The summed E-state index contributed by atoms with van der Waals surface area (Å²) in [5.41, 5.74) is 4.36. The molecule has 14 heteroatoms. The number of carbonyl (C=O) groups is 5. The van der Waals surface area contributed by atoms with Gasteiger partial charge in [-0.25, -0.2) is 17.9 Å². The summed E-state index contributed by atoms with van der Waals surface area (Å²) < 4.78 is 26.3. The van der Waals surface area contributed by atoms with E-state index < -0.39 is 69.8 Å². The highest BCUT2D eigenvalue weighted by Crippen LogP contribution is 2.64. The number of fused-ring (bicyclic) bond motifs is 1. The molecule has 0 radical (unpaired) electrons. The maximum Gasteiger partial charge on any atom is 0.315 e. The summed E-state index contributed by atoms with van der Waals surface area (Å²) >= 11 is 0. The molecule has 2 aliphatic carbocycles. The summed E-state index contributed by atoms with van der Waals surface area (Å²) in [4.78, 5) is 65.7. The maximum atomic E-state index is 13.8. The fourth-order valence-corrected chi connectivity index (χ4v) is 6.25. The van der Waals surface area contributed by atoms with Crippen molar-refractivity contribution in [1.82, 2.24) is 25.6 Å². The first-order chi connectivity index (χ1) is 18.4. The van der Waals surface area contributed by atoms with Crippen LogP contribution in [0.1, 0.15) is 60.3 Å². The molecule has 5 atom stereocenters. The average Bonchev–Trinajstić information content (AvgIpc) is 3.14. The molecule has 3 aliphatic rings. The van der Waals surface area contributed by atoms with Crippen LogP contribution in [0.25, 0.3) is 0 Å². The van der Waals surface area contributed by atoms with Crippen LogP contribution in [-0.2, 0) is 29.2 Å². The number of hydrogen-bond acceptors (Lipinski definition) is 7. The zero-order valence-corrected chi connectivity index (χ0v) is 24.6. The third-order valence-electron chi connectivity index (χ3n) is 8.23. The number of rotatable bonds is 12. The molecule has 224 valence electrons. The van der Waals surface area contributed by atoms with E-state index in [0.717, 1.165) is 19.3 Å². The molecular formula is C26H42N6O7S. The van der Waals surface area contributed by atoms with Crippen LogP contribution in [0.5, 0.6) is 0 Å². The van der Waals surface area contributed by atoms with Crippen LogP contribution < -0.4 is 26.4 Å². The number of nitrogens with two attached hydrogens (primary N) is 1. The number of amides is 5. The molecule has 3 fully saturated rings. The summed E-state index contributed by atoms with van der Waals surface area (Å²) in [7, 11) is -3.92. The minimum Gasteiger partial charge on any atom is -0.363 e. The summed E-state index contributed by atoms with van der Waals surface area (Å²) in [5, 5.41) is 8.57. The van der Waals surface area contributed by atoms with E-state index in [1.165, 1.54) is 4.90 Å². The van der Waals surface area contributed by atoms with E-state index in [4.69, 9.17) is 5.73 Å². The number of likely N-dealkylation sites (tertiary alicyclic amines) is 1. The molecule has 0 aromatic rings. The van der Waals surface area contributed by atoms with E-state index >= 15 is 0 Å². The monoisotopic (exact) mass is 582 g/mol. The number of piperidine rings is 1. The number of primary amides is 1. The molecule has 1 heterocycles. The lowest BCUT2D eigenvalue weighted by Crippen LogP contribution is -2.61. The molecule has 3 rings (SSSR count). The molecule has 0 aromatic carbocycles. The second-order valence-electron chi connectivity index (χ2n) is 12.7. The van der Waals surface area contributed by atoms with Gasteiger partial charge >= 0.3 is 6.03 Å². The highest BCUT2D eigenvalue weighted by Gasteiger charge is 2.69. The van der Waals surface area contributed by atoms with Crippen molar-refractivity contribution in [2.45, 2.75) is 84.0 Å². The molecule has 5 amide bonds. The van der Waals surface area contributed by atoms with E-state index in [0.29, 0.717) is 5.41 Å². The molecule has 1 saturated heterocycles. The van der Waals surface area contributed by atoms with Crippen molar-refractivity contribution in [3.05, 3.63) is 12.0 Å². The van der Waals surface area contributed by atoms with E-state index in [9.17, 15) is 32.4 Å². The van der Waals surface area contributed by atoms with Gasteiger partial charge in [-0.2, -0.15) is 0 Å². The lowest BCUT2D eigenvalue weighted by atomic mass is 9.80. The van der Waals surface area contributed by atoms with Crippen molar-refractivity contribution in [3.8, 4) is 0 Å². The Hall–Kier alpha value is -3.00. The van der Waals surface area contributed by atoms with Gasteiger partial charge in [-0.05, 0) is 50.4 Å². The Balaban J connectivity index is 1.85. The van der Waals surface area contributed by atoms with Gasteiger partial charge in [0.25, 0.3) is 5.91 Å². The van der Waals surface area contributed by atoms with Crippen LogP contribution in [0.3, 0.4) is 0 Å². The van der Waals surface area contributed by atoms with Gasteiger partial charge in [-0.15, -0.1) is 0 Å². The molecule has 0 aromatic heterocycles. The minimum atomic E-state index is -3.92. The van der Waals surface area contributed by atoms with Crippen molar-refractivity contribution in [2.75, 3.05) is 13.1 Å². The van der Waals surface area contributed by atoms with Crippen molar-refractivity contribution < 1.29 is 32.4 Å². The number of Topliss-reactive ketones (excluding diaryl/α,β-unsaturated/α-hetero) is 1. The Morgan fingerprint density at radius 2 is 1.73 bits per heavy atom. The second kappa shape index (κ2) is 11.5. The van der Waals surface area contributed by atoms with Crippen LogP contribution in [0.2, 0.25) is 0 Å². The van der Waals surface area contributed by atoms with Gasteiger partial charge in [0.2, 0.25) is 27.6 Å². The summed E-state index contributed by atoms with van der Waals surface area (Å²) in [6.45, 7) is 12.2. The standard InChI is InChI=1S/C26H42N6O7S/c1-7-40(38,39)28-12-17(30-24(37)31-25(2,3)4)23(36)32-13-15-18(26(15,5)6)19(32)22(35)29-16(20(33)21(27)34)11-14-9-8-10-14/h7,14-19,28H,1,8-13H2,2-6H3,(H2,27,34)(H,29,35)(H2,30,31,37)/t15-,16?,17-,18-,19-/m0/s1. The van der Waals surface area contributed by atoms with Crippen molar-refractivity contribution in [1.29, 1.82) is 0 Å². The Kier molecular flexibility index (Phi) is 9.04. The summed E-state index contributed by atoms with van der Waals surface area (Å²) in [6, 6.07) is -4.12. The molecule has 6 N–H and O–H groups in total. The minimum absolute atomic E-state index is 0.0157. The van der Waals surface area contributed by atoms with Crippen LogP contribution in [0, 0.1) is 23.2 Å². The van der Waals surface area contributed by atoms with Gasteiger partial charge in [0.1, 0.15) is 12.1 Å². The van der Waals surface area contributed by atoms with Gasteiger partial charge in [-0.1, -0.05) is 39.7 Å². The van der Waals surface area contributed by atoms with Crippen molar-refractivity contribution >= 4 is 39.6 Å². The number of sulfonamides is 1. The number of hydrogen-bond donors (Lipinski definition) is 5. The lowest BCUT2D eigenvalue weighted by molar-refractivity contribution is -0.143. The molecule has 13 nitrogen and oxygen atoms in total. The number of carbonyl (C=O) groups excluding carboxylic acids is 5. The predicted molar refractivity (Wildman–Crippen MR) is 147 cm³/mol. The quantitative estimate of drug-likeness (QED) is 0.195. The second-order valence-corrected chi connectivity index (χ2v) is 14.4. The first-order valence-electron chi connectivity index (χ1n) is 13.5.